The van der Waals surface area contributed by atoms with Crippen LogP contribution in [0, 0.1) is 0 Å². The molecule has 0 spiro atoms. The summed E-state index contributed by atoms with van der Waals surface area (Å²) in [7, 11) is 0. The van der Waals surface area contributed by atoms with Gasteiger partial charge in [-0.1, -0.05) is 0 Å². The van der Waals surface area contributed by atoms with E-state index in [1.807, 2.05) is 0 Å². The second kappa shape index (κ2) is 3.84. The number of aromatic hydroxyl groups is 1. The van der Waals surface area contributed by atoms with Crippen LogP contribution in [-0.4, -0.2) is 18.0 Å². The molecule has 0 saturated carbocycles. The van der Waals surface area contributed by atoms with E-state index in [2.05, 4.69) is 4.74 Å². The molecule has 1 aromatic rings. The number of hydrogen-bond acceptors (Lipinski definition) is 3. The Morgan fingerprint density at radius 1 is 1.46 bits per heavy atom. The van der Waals surface area contributed by atoms with Crippen LogP contribution in [0.2, 0.25) is 0 Å². The molecule has 0 amide bonds. The van der Waals surface area contributed by atoms with Crippen molar-refractivity contribution < 1.29 is 23.4 Å². The van der Waals surface area contributed by atoms with Crippen molar-refractivity contribution >= 4 is 6.29 Å². The van der Waals surface area contributed by atoms with Crippen LogP contribution in [-0.2, 0) is 0 Å². The van der Waals surface area contributed by atoms with Crippen LogP contribution in [0.1, 0.15) is 10.4 Å². The third-order valence-electron chi connectivity index (χ3n) is 1.34. The zero-order valence-electron chi connectivity index (χ0n) is 6.41. The number of phenols is 1. The number of benzene rings is 1. The van der Waals surface area contributed by atoms with Gasteiger partial charge in [-0.25, -0.2) is 0 Å². The lowest BCUT2D eigenvalue weighted by atomic mass is 10.2. The van der Waals surface area contributed by atoms with E-state index in [1.54, 1.807) is 0 Å². The molecule has 0 unspecified atom stereocenters. The number of ether oxygens (including phenoxy) is 1. The number of hydrogen-bond donors (Lipinski definition) is 1. The first-order valence-electron chi connectivity index (χ1n) is 3.36. The van der Waals surface area contributed by atoms with E-state index < -0.39 is 18.1 Å². The highest BCUT2D eigenvalue weighted by Gasteiger charge is 2.09. The summed E-state index contributed by atoms with van der Waals surface area (Å²) in [6.07, 6.45) is 0.470. The fourth-order valence-electron chi connectivity index (χ4n) is 0.794. The first-order valence-corrected chi connectivity index (χ1v) is 3.36. The Labute approximate surface area is 72.6 Å². The van der Waals surface area contributed by atoms with Gasteiger partial charge < -0.3 is 9.84 Å². The average molecular weight is 188 g/mol. The van der Waals surface area contributed by atoms with E-state index in [9.17, 15) is 13.6 Å². The molecular weight excluding hydrogens is 182 g/mol. The van der Waals surface area contributed by atoms with Gasteiger partial charge in [0.2, 0.25) is 0 Å². The Morgan fingerprint density at radius 3 is 2.69 bits per heavy atom. The Balaban J connectivity index is 2.96. The minimum absolute atomic E-state index is 0.161. The van der Waals surface area contributed by atoms with Crippen LogP contribution in [0.5, 0.6) is 11.5 Å². The third-order valence-corrected chi connectivity index (χ3v) is 1.34. The van der Waals surface area contributed by atoms with Gasteiger partial charge in [-0.05, 0) is 18.2 Å². The van der Waals surface area contributed by atoms with Crippen molar-refractivity contribution in [2.24, 2.45) is 0 Å². The molecule has 0 fully saturated rings. The Bertz CT molecular complexity index is 312. The molecule has 0 radical (unpaired) electrons. The van der Waals surface area contributed by atoms with Crippen molar-refractivity contribution in [1.29, 1.82) is 0 Å². The van der Waals surface area contributed by atoms with Crippen molar-refractivity contribution in [3.63, 3.8) is 0 Å². The highest BCUT2D eigenvalue weighted by atomic mass is 19.3. The lowest BCUT2D eigenvalue weighted by Gasteiger charge is -2.06. The van der Waals surface area contributed by atoms with Crippen LogP contribution in [0.3, 0.4) is 0 Å². The fraction of sp³-hybridized carbons (Fsp3) is 0.125. The van der Waals surface area contributed by atoms with Crippen molar-refractivity contribution in [3.05, 3.63) is 23.8 Å². The summed E-state index contributed by atoms with van der Waals surface area (Å²) in [5.74, 6) is -0.828. The number of rotatable bonds is 3. The van der Waals surface area contributed by atoms with Gasteiger partial charge in [-0.15, -0.1) is 0 Å². The molecular formula is C8H6F2O3. The normalized spacial score (nSPS) is 10.1. The molecule has 0 bridgehead atoms. The first-order chi connectivity index (χ1) is 6.13. The molecule has 3 nitrogen and oxygen atoms in total. The minimum atomic E-state index is -3.02. The molecule has 70 valence electrons. The number of carbonyl (C=O) groups is 1. The molecule has 5 heteroatoms. The van der Waals surface area contributed by atoms with E-state index in [-0.39, 0.29) is 5.56 Å². The van der Waals surface area contributed by atoms with Gasteiger partial charge in [0.05, 0.1) is 0 Å². The predicted octanol–water partition coefficient (Wildman–Crippen LogP) is 1.81. The van der Waals surface area contributed by atoms with E-state index in [0.29, 0.717) is 6.29 Å². The van der Waals surface area contributed by atoms with E-state index in [0.717, 1.165) is 12.1 Å². The summed E-state index contributed by atoms with van der Waals surface area (Å²) >= 11 is 0. The molecule has 0 saturated heterocycles. The van der Waals surface area contributed by atoms with E-state index >= 15 is 0 Å². The largest absolute Gasteiger partial charge is 0.504 e. The van der Waals surface area contributed by atoms with Crippen molar-refractivity contribution in [2.75, 3.05) is 0 Å². The summed E-state index contributed by atoms with van der Waals surface area (Å²) in [5.41, 5.74) is 0.161. The number of carbonyl (C=O) groups excluding carboxylic acids is 1. The lowest BCUT2D eigenvalue weighted by molar-refractivity contribution is -0.0512. The SMILES string of the molecule is O=Cc1ccc(O)c(OC(F)F)c1. The Hall–Kier alpha value is -1.65. The molecule has 1 rings (SSSR count). The smallest absolute Gasteiger partial charge is 0.387 e. The average Bonchev–Trinajstić information content (AvgIpc) is 2.08. The maximum absolute atomic E-state index is 11.7. The topological polar surface area (TPSA) is 46.5 Å². The van der Waals surface area contributed by atoms with Crippen LogP contribution < -0.4 is 4.74 Å². The molecule has 0 atom stereocenters. The number of phenolic OH excluding ortho intramolecular Hbond substituents is 1. The summed E-state index contributed by atoms with van der Waals surface area (Å²) < 4.78 is 27.4. The number of aldehydes is 1. The second-order valence-corrected chi connectivity index (χ2v) is 2.22. The van der Waals surface area contributed by atoms with Crippen LogP contribution in [0.4, 0.5) is 8.78 Å². The number of halogens is 2. The van der Waals surface area contributed by atoms with Gasteiger partial charge in [-0.3, -0.25) is 4.79 Å². The van der Waals surface area contributed by atoms with E-state index in [4.69, 9.17) is 5.11 Å². The standard InChI is InChI=1S/C8H6F2O3/c9-8(10)13-7-3-5(4-11)1-2-6(7)12/h1-4,8,12H. The maximum Gasteiger partial charge on any atom is 0.387 e. The van der Waals surface area contributed by atoms with Gasteiger partial charge in [0, 0.05) is 5.56 Å². The molecule has 0 aliphatic heterocycles. The molecule has 0 heterocycles. The molecule has 0 aromatic heterocycles. The Kier molecular flexibility index (Phi) is 2.79. The highest BCUT2D eigenvalue weighted by Crippen LogP contribution is 2.27. The minimum Gasteiger partial charge on any atom is -0.504 e. The summed E-state index contributed by atoms with van der Waals surface area (Å²) in [4.78, 5) is 10.2. The fourth-order valence-corrected chi connectivity index (χ4v) is 0.794. The first kappa shape index (κ1) is 9.44. The van der Waals surface area contributed by atoms with Gasteiger partial charge in [0.25, 0.3) is 0 Å². The van der Waals surface area contributed by atoms with Gasteiger partial charge >= 0.3 is 6.61 Å². The third kappa shape index (κ3) is 2.40. The molecule has 0 aliphatic rings. The number of alkyl halides is 2. The molecule has 13 heavy (non-hydrogen) atoms. The van der Waals surface area contributed by atoms with Crippen LogP contribution >= 0.6 is 0 Å². The highest BCUT2D eigenvalue weighted by molar-refractivity contribution is 5.76. The molecule has 0 aliphatic carbocycles. The van der Waals surface area contributed by atoms with Crippen molar-refractivity contribution in [1.82, 2.24) is 0 Å². The monoisotopic (exact) mass is 188 g/mol. The van der Waals surface area contributed by atoms with Crippen molar-refractivity contribution in [3.8, 4) is 11.5 Å². The van der Waals surface area contributed by atoms with Crippen molar-refractivity contribution in [2.45, 2.75) is 6.61 Å². The quantitative estimate of drug-likeness (QED) is 0.735. The van der Waals surface area contributed by atoms with E-state index in [1.165, 1.54) is 6.07 Å². The van der Waals surface area contributed by atoms with Crippen LogP contribution in [0.25, 0.3) is 0 Å². The zero-order chi connectivity index (χ0) is 9.84. The molecule has 1 aromatic carbocycles. The summed E-state index contributed by atoms with van der Waals surface area (Å²) in [6.45, 7) is -3.02. The van der Waals surface area contributed by atoms with Gasteiger partial charge in [-0.2, -0.15) is 8.78 Å². The predicted molar refractivity (Wildman–Crippen MR) is 40.1 cm³/mol. The van der Waals surface area contributed by atoms with Gasteiger partial charge in [0.15, 0.2) is 11.5 Å². The Morgan fingerprint density at radius 2 is 2.15 bits per heavy atom. The summed E-state index contributed by atoms with van der Waals surface area (Å²) in [5, 5.41) is 9.01. The van der Waals surface area contributed by atoms with Gasteiger partial charge in [0.1, 0.15) is 6.29 Å². The maximum atomic E-state index is 11.7. The second-order valence-electron chi connectivity index (χ2n) is 2.22. The lowest BCUT2D eigenvalue weighted by Crippen LogP contribution is -2.02. The van der Waals surface area contributed by atoms with Crippen LogP contribution in [0.15, 0.2) is 18.2 Å². The molecule has 1 N–H and O–H groups in total. The summed E-state index contributed by atoms with van der Waals surface area (Å²) in [6, 6.07) is 3.44. The zero-order valence-corrected chi connectivity index (χ0v) is 6.41.